The van der Waals surface area contributed by atoms with Gasteiger partial charge in [-0.05, 0) is 48.9 Å². The summed E-state index contributed by atoms with van der Waals surface area (Å²) < 4.78 is 5.94. The predicted octanol–water partition coefficient (Wildman–Crippen LogP) is 4.60. The van der Waals surface area contributed by atoms with Gasteiger partial charge in [0.1, 0.15) is 12.4 Å². The third kappa shape index (κ3) is 3.08. The van der Waals surface area contributed by atoms with Gasteiger partial charge in [-0.25, -0.2) is 0 Å². The summed E-state index contributed by atoms with van der Waals surface area (Å²) in [4.78, 5) is 1.29. The molecule has 94 valence electrons. The minimum atomic E-state index is 0.626. The largest absolute Gasteiger partial charge is 0.488 e. The van der Waals surface area contributed by atoms with Crippen molar-refractivity contribution < 1.29 is 4.74 Å². The van der Waals surface area contributed by atoms with E-state index in [-0.39, 0.29) is 0 Å². The van der Waals surface area contributed by atoms with E-state index in [2.05, 4.69) is 44.4 Å². The van der Waals surface area contributed by atoms with Crippen molar-refractivity contribution in [2.45, 2.75) is 25.3 Å². The van der Waals surface area contributed by atoms with Crippen molar-refractivity contribution in [3.63, 3.8) is 0 Å². The van der Waals surface area contributed by atoms with Gasteiger partial charge in [0.05, 0.1) is 0 Å². The minimum absolute atomic E-state index is 0.626. The van der Waals surface area contributed by atoms with E-state index in [1.807, 2.05) is 18.2 Å². The first-order valence-electron chi connectivity index (χ1n) is 6.02. The molecule has 0 saturated carbocycles. The molecule has 2 aromatic carbocycles. The second-order valence-corrected chi connectivity index (χ2v) is 5.24. The van der Waals surface area contributed by atoms with Crippen LogP contribution in [-0.4, -0.2) is 6.26 Å². The molecule has 0 unspecified atom stereocenters. The molecule has 1 nitrogen and oxygen atoms in total. The van der Waals surface area contributed by atoms with Crippen molar-refractivity contribution >= 4 is 11.8 Å². The molecule has 0 fully saturated rings. The molecule has 0 radical (unpaired) electrons. The van der Waals surface area contributed by atoms with Gasteiger partial charge in [0.2, 0.25) is 0 Å². The smallest absolute Gasteiger partial charge is 0.125 e. The van der Waals surface area contributed by atoms with Gasteiger partial charge in [-0.2, -0.15) is 0 Å². The fourth-order valence-electron chi connectivity index (χ4n) is 1.99. The summed E-state index contributed by atoms with van der Waals surface area (Å²) in [5.74, 6) is 1.01. The molecule has 2 heteroatoms. The topological polar surface area (TPSA) is 9.23 Å². The zero-order valence-electron chi connectivity index (χ0n) is 11.1. The normalized spacial score (nSPS) is 10.4. The maximum absolute atomic E-state index is 5.94. The lowest BCUT2D eigenvalue weighted by molar-refractivity contribution is 0.301. The van der Waals surface area contributed by atoms with Crippen LogP contribution in [-0.2, 0) is 6.61 Å². The molecule has 18 heavy (non-hydrogen) atoms. The van der Waals surface area contributed by atoms with Gasteiger partial charge in [-0.15, -0.1) is 11.8 Å². The fourth-order valence-corrected chi connectivity index (χ4v) is 2.58. The average Bonchev–Trinajstić information content (AvgIpc) is 2.38. The number of ether oxygens (including phenoxy) is 1. The van der Waals surface area contributed by atoms with Crippen molar-refractivity contribution in [1.82, 2.24) is 0 Å². The maximum atomic E-state index is 5.94. The molecule has 2 rings (SSSR count). The first-order chi connectivity index (χ1) is 8.70. The number of benzene rings is 2. The van der Waals surface area contributed by atoms with Crippen molar-refractivity contribution in [2.75, 3.05) is 6.26 Å². The van der Waals surface area contributed by atoms with Crippen LogP contribution >= 0.6 is 11.8 Å². The van der Waals surface area contributed by atoms with E-state index >= 15 is 0 Å². The Morgan fingerprint density at radius 2 is 1.61 bits per heavy atom. The first-order valence-corrected chi connectivity index (χ1v) is 7.25. The van der Waals surface area contributed by atoms with Crippen LogP contribution in [0.5, 0.6) is 5.75 Å². The third-order valence-electron chi connectivity index (χ3n) is 2.90. The first kappa shape index (κ1) is 13.0. The summed E-state index contributed by atoms with van der Waals surface area (Å²) >= 11 is 1.76. The number of thioether (sulfide) groups is 1. The summed E-state index contributed by atoms with van der Waals surface area (Å²) in [6.45, 7) is 4.83. The summed E-state index contributed by atoms with van der Waals surface area (Å²) in [6, 6.07) is 14.6. The molecular formula is C16H18OS. The van der Waals surface area contributed by atoms with Gasteiger partial charge in [0.25, 0.3) is 0 Å². The number of aryl methyl sites for hydroxylation is 2. The van der Waals surface area contributed by atoms with Gasteiger partial charge in [-0.1, -0.05) is 30.3 Å². The highest BCUT2D eigenvalue weighted by Gasteiger charge is 2.06. The van der Waals surface area contributed by atoms with Crippen LogP contribution in [0.25, 0.3) is 0 Å². The average molecular weight is 258 g/mol. The van der Waals surface area contributed by atoms with Crippen molar-refractivity contribution in [3.05, 3.63) is 59.2 Å². The standard InChI is InChI=1S/C16H18OS/c1-12-9-15(18-3)10-13(2)16(12)17-11-14-7-5-4-6-8-14/h4-10H,11H2,1-3H3. The van der Waals surface area contributed by atoms with Crippen molar-refractivity contribution in [3.8, 4) is 5.75 Å². The van der Waals surface area contributed by atoms with Crippen molar-refractivity contribution in [2.24, 2.45) is 0 Å². The van der Waals surface area contributed by atoms with E-state index in [4.69, 9.17) is 4.74 Å². The Kier molecular flexibility index (Phi) is 4.32. The minimum Gasteiger partial charge on any atom is -0.488 e. The SMILES string of the molecule is CSc1cc(C)c(OCc2ccccc2)c(C)c1. The number of rotatable bonds is 4. The summed E-state index contributed by atoms with van der Waals surface area (Å²) in [7, 11) is 0. The maximum Gasteiger partial charge on any atom is 0.125 e. The summed E-state index contributed by atoms with van der Waals surface area (Å²) in [6.07, 6.45) is 2.10. The van der Waals surface area contributed by atoms with Crippen LogP contribution in [0, 0.1) is 13.8 Å². The molecule has 0 bridgehead atoms. The lowest BCUT2D eigenvalue weighted by atomic mass is 10.1. The Bertz CT molecular complexity index is 497. The highest BCUT2D eigenvalue weighted by atomic mass is 32.2. The number of hydrogen-bond acceptors (Lipinski definition) is 2. The second-order valence-electron chi connectivity index (χ2n) is 4.36. The Labute approximate surface area is 113 Å². The Balaban J connectivity index is 2.15. The zero-order valence-corrected chi connectivity index (χ0v) is 11.9. The van der Waals surface area contributed by atoms with E-state index in [1.54, 1.807) is 11.8 Å². The lowest BCUT2D eigenvalue weighted by Gasteiger charge is -2.13. The predicted molar refractivity (Wildman–Crippen MR) is 78.5 cm³/mol. The third-order valence-corrected chi connectivity index (χ3v) is 3.60. The van der Waals surface area contributed by atoms with Gasteiger partial charge in [-0.3, -0.25) is 0 Å². The van der Waals surface area contributed by atoms with Gasteiger partial charge >= 0.3 is 0 Å². The molecule has 0 heterocycles. The molecule has 0 aliphatic carbocycles. The van der Waals surface area contributed by atoms with E-state index in [0.717, 1.165) is 5.75 Å². The molecule has 0 amide bonds. The molecule has 0 aliphatic rings. The molecule has 0 saturated heterocycles. The van der Waals surface area contributed by atoms with Gasteiger partial charge in [0, 0.05) is 4.90 Å². The number of hydrogen-bond donors (Lipinski definition) is 0. The van der Waals surface area contributed by atoms with E-state index < -0.39 is 0 Å². The monoisotopic (exact) mass is 258 g/mol. The fraction of sp³-hybridized carbons (Fsp3) is 0.250. The zero-order chi connectivity index (χ0) is 13.0. The summed E-state index contributed by atoms with van der Waals surface area (Å²) in [5.41, 5.74) is 3.61. The highest BCUT2D eigenvalue weighted by Crippen LogP contribution is 2.29. The molecular weight excluding hydrogens is 240 g/mol. The van der Waals surface area contributed by atoms with Crippen LogP contribution in [0.4, 0.5) is 0 Å². The second kappa shape index (κ2) is 5.96. The van der Waals surface area contributed by atoms with E-state index in [9.17, 15) is 0 Å². The molecule has 0 aromatic heterocycles. The van der Waals surface area contributed by atoms with Crippen LogP contribution < -0.4 is 4.74 Å². The van der Waals surface area contributed by atoms with E-state index in [1.165, 1.54) is 21.6 Å². The molecule has 0 spiro atoms. The Morgan fingerprint density at radius 1 is 1.00 bits per heavy atom. The van der Waals surface area contributed by atoms with Crippen molar-refractivity contribution in [1.29, 1.82) is 0 Å². The van der Waals surface area contributed by atoms with Gasteiger partial charge < -0.3 is 4.74 Å². The quantitative estimate of drug-likeness (QED) is 0.741. The van der Waals surface area contributed by atoms with Gasteiger partial charge in [0.15, 0.2) is 0 Å². The molecule has 0 N–H and O–H groups in total. The Morgan fingerprint density at radius 3 is 2.17 bits per heavy atom. The van der Waals surface area contributed by atoms with Crippen LogP contribution in [0.1, 0.15) is 16.7 Å². The Hall–Kier alpha value is -1.41. The highest BCUT2D eigenvalue weighted by molar-refractivity contribution is 7.98. The van der Waals surface area contributed by atoms with Crippen LogP contribution in [0.3, 0.4) is 0 Å². The molecule has 0 aliphatic heterocycles. The molecule has 0 atom stereocenters. The summed E-state index contributed by atoms with van der Waals surface area (Å²) in [5, 5.41) is 0. The lowest BCUT2D eigenvalue weighted by Crippen LogP contribution is -1.99. The van der Waals surface area contributed by atoms with Crippen LogP contribution in [0.2, 0.25) is 0 Å². The van der Waals surface area contributed by atoms with Crippen LogP contribution in [0.15, 0.2) is 47.4 Å². The molecule has 2 aromatic rings. The van der Waals surface area contributed by atoms with E-state index in [0.29, 0.717) is 6.61 Å².